The number of hydrogen-bond acceptors (Lipinski definition) is 5. The molecule has 0 unspecified atom stereocenters. The second-order valence-electron chi connectivity index (χ2n) is 3.13. The molecular formula is C8H16O5. The van der Waals surface area contributed by atoms with Crippen LogP contribution in [0.25, 0.3) is 0 Å². The molecular weight excluding hydrogens is 176 g/mol. The lowest BCUT2D eigenvalue weighted by atomic mass is 10.1. The van der Waals surface area contributed by atoms with E-state index >= 15 is 0 Å². The number of methoxy groups -OCH3 is 2. The summed E-state index contributed by atoms with van der Waals surface area (Å²) >= 11 is 0. The van der Waals surface area contributed by atoms with Crippen molar-refractivity contribution < 1.29 is 24.4 Å². The van der Waals surface area contributed by atoms with Crippen LogP contribution in [0.4, 0.5) is 0 Å². The van der Waals surface area contributed by atoms with Crippen molar-refractivity contribution in [2.24, 2.45) is 0 Å². The first-order chi connectivity index (χ1) is 6.11. The standard InChI is InChI=1S/C8H16O5/c1-4-5(9)6(10)7(13-4)8(11-2)12-3/h4-10H,1-3H3/t4-,5+,6-,7+/m0/s1. The monoisotopic (exact) mass is 192 g/mol. The molecule has 0 radical (unpaired) electrons. The van der Waals surface area contributed by atoms with E-state index in [4.69, 9.17) is 14.2 Å². The SMILES string of the molecule is COC(OC)[C@@H]1O[C@@H](C)[C@@H](O)[C@@H]1O. The van der Waals surface area contributed by atoms with Gasteiger partial charge in [0, 0.05) is 14.2 Å². The van der Waals surface area contributed by atoms with Gasteiger partial charge < -0.3 is 24.4 Å². The van der Waals surface area contributed by atoms with Crippen LogP contribution in [0.3, 0.4) is 0 Å². The highest BCUT2D eigenvalue weighted by Gasteiger charge is 2.44. The van der Waals surface area contributed by atoms with E-state index in [2.05, 4.69) is 0 Å². The van der Waals surface area contributed by atoms with Crippen molar-refractivity contribution in [3.05, 3.63) is 0 Å². The van der Waals surface area contributed by atoms with Gasteiger partial charge in [-0.3, -0.25) is 0 Å². The van der Waals surface area contributed by atoms with Crippen LogP contribution in [0.1, 0.15) is 6.92 Å². The fourth-order valence-electron chi connectivity index (χ4n) is 1.47. The second kappa shape index (κ2) is 4.34. The van der Waals surface area contributed by atoms with E-state index in [-0.39, 0.29) is 0 Å². The summed E-state index contributed by atoms with van der Waals surface area (Å²) in [6.45, 7) is 1.69. The zero-order valence-electron chi connectivity index (χ0n) is 8.01. The molecule has 1 fully saturated rings. The maximum Gasteiger partial charge on any atom is 0.185 e. The normalized spacial score (nSPS) is 40.2. The van der Waals surface area contributed by atoms with E-state index in [1.54, 1.807) is 6.92 Å². The molecule has 1 aliphatic rings. The van der Waals surface area contributed by atoms with Gasteiger partial charge in [0.05, 0.1) is 6.10 Å². The van der Waals surface area contributed by atoms with Gasteiger partial charge in [0.1, 0.15) is 18.3 Å². The molecule has 1 aliphatic heterocycles. The molecule has 2 N–H and O–H groups in total. The van der Waals surface area contributed by atoms with Gasteiger partial charge in [-0.25, -0.2) is 0 Å². The van der Waals surface area contributed by atoms with Crippen molar-refractivity contribution in [3.63, 3.8) is 0 Å². The lowest BCUT2D eigenvalue weighted by molar-refractivity contribution is -0.190. The lowest BCUT2D eigenvalue weighted by Gasteiger charge is -2.22. The molecule has 0 aromatic heterocycles. The van der Waals surface area contributed by atoms with Gasteiger partial charge >= 0.3 is 0 Å². The first kappa shape index (κ1) is 10.9. The topological polar surface area (TPSA) is 68.2 Å². The molecule has 1 saturated heterocycles. The van der Waals surface area contributed by atoms with E-state index in [1.165, 1.54) is 14.2 Å². The second-order valence-corrected chi connectivity index (χ2v) is 3.13. The summed E-state index contributed by atoms with van der Waals surface area (Å²) in [5.41, 5.74) is 0. The third-order valence-corrected chi connectivity index (χ3v) is 2.27. The average molecular weight is 192 g/mol. The van der Waals surface area contributed by atoms with Gasteiger partial charge in [0.2, 0.25) is 0 Å². The Kier molecular flexibility index (Phi) is 3.63. The predicted molar refractivity (Wildman–Crippen MR) is 44.2 cm³/mol. The highest BCUT2D eigenvalue weighted by molar-refractivity contribution is 4.90. The Morgan fingerprint density at radius 1 is 1.15 bits per heavy atom. The number of aliphatic hydroxyl groups excluding tert-OH is 2. The summed E-state index contributed by atoms with van der Waals surface area (Å²) in [7, 11) is 2.92. The number of hydrogen-bond donors (Lipinski definition) is 2. The van der Waals surface area contributed by atoms with Crippen LogP contribution in [0.2, 0.25) is 0 Å². The summed E-state index contributed by atoms with van der Waals surface area (Å²) in [6, 6.07) is 0. The summed E-state index contributed by atoms with van der Waals surface area (Å²) in [6.07, 6.45) is -3.50. The molecule has 78 valence electrons. The Morgan fingerprint density at radius 2 is 1.69 bits per heavy atom. The van der Waals surface area contributed by atoms with E-state index in [1.807, 2.05) is 0 Å². The van der Waals surface area contributed by atoms with Crippen molar-refractivity contribution in [3.8, 4) is 0 Å². The Bertz CT molecular complexity index is 157. The van der Waals surface area contributed by atoms with E-state index in [0.29, 0.717) is 0 Å². The number of aliphatic hydroxyl groups is 2. The summed E-state index contributed by atoms with van der Waals surface area (Å²) in [5, 5.41) is 18.9. The fraction of sp³-hybridized carbons (Fsp3) is 1.00. The summed E-state index contributed by atoms with van der Waals surface area (Å²) in [4.78, 5) is 0. The van der Waals surface area contributed by atoms with Gasteiger partial charge in [0.15, 0.2) is 6.29 Å². The first-order valence-corrected chi connectivity index (χ1v) is 4.19. The van der Waals surface area contributed by atoms with Crippen LogP contribution in [0.5, 0.6) is 0 Å². The Labute approximate surface area is 77.2 Å². The van der Waals surface area contributed by atoms with Crippen molar-refractivity contribution in [1.82, 2.24) is 0 Å². The van der Waals surface area contributed by atoms with Crippen molar-refractivity contribution in [1.29, 1.82) is 0 Å². The molecule has 5 heteroatoms. The molecule has 1 heterocycles. The van der Waals surface area contributed by atoms with Gasteiger partial charge in [-0.1, -0.05) is 0 Å². The molecule has 13 heavy (non-hydrogen) atoms. The Balaban J connectivity index is 2.61. The van der Waals surface area contributed by atoms with E-state index in [9.17, 15) is 10.2 Å². The summed E-state index contributed by atoms with van der Waals surface area (Å²) in [5.74, 6) is 0. The highest BCUT2D eigenvalue weighted by atomic mass is 16.7. The lowest BCUT2D eigenvalue weighted by Crippen LogP contribution is -2.40. The summed E-state index contributed by atoms with van der Waals surface area (Å²) < 4.78 is 15.1. The van der Waals surface area contributed by atoms with Crippen LogP contribution in [-0.4, -0.2) is 55.1 Å². The van der Waals surface area contributed by atoms with Gasteiger partial charge in [0.25, 0.3) is 0 Å². The van der Waals surface area contributed by atoms with Crippen molar-refractivity contribution in [2.45, 2.75) is 37.6 Å². The van der Waals surface area contributed by atoms with Crippen LogP contribution < -0.4 is 0 Å². The first-order valence-electron chi connectivity index (χ1n) is 4.19. The Hall–Kier alpha value is -0.200. The fourth-order valence-corrected chi connectivity index (χ4v) is 1.47. The molecule has 5 nitrogen and oxygen atoms in total. The quantitative estimate of drug-likeness (QED) is 0.568. The van der Waals surface area contributed by atoms with Crippen molar-refractivity contribution >= 4 is 0 Å². The minimum Gasteiger partial charge on any atom is -0.388 e. The number of ether oxygens (including phenoxy) is 3. The average Bonchev–Trinajstić information content (AvgIpc) is 2.36. The molecule has 0 bridgehead atoms. The van der Waals surface area contributed by atoms with Crippen LogP contribution in [-0.2, 0) is 14.2 Å². The van der Waals surface area contributed by atoms with Crippen LogP contribution in [0, 0.1) is 0 Å². The molecule has 0 aromatic carbocycles. The van der Waals surface area contributed by atoms with E-state index in [0.717, 1.165) is 0 Å². The minimum atomic E-state index is -0.958. The highest BCUT2D eigenvalue weighted by Crippen LogP contribution is 2.24. The third-order valence-electron chi connectivity index (χ3n) is 2.27. The van der Waals surface area contributed by atoms with Gasteiger partial charge in [-0.05, 0) is 6.92 Å². The minimum absolute atomic E-state index is 0.396. The zero-order chi connectivity index (χ0) is 10.0. The molecule has 0 saturated carbocycles. The molecule has 0 spiro atoms. The van der Waals surface area contributed by atoms with E-state index < -0.39 is 30.7 Å². The van der Waals surface area contributed by atoms with Crippen molar-refractivity contribution in [2.75, 3.05) is 14.2 Å². The number of rotatable bonds is 3. The van der Waals surface area contributed by atoms with Crippen LogP contribution >= 0.6 is 0 Å². The molecule has 4 atom stereocenters. The van der Waals surface area contributed by atoms with Gasteiger partial charge in [-0.15, -0.1) is 0 Å². The zero-order valence-corrected chi connectivity index (χ0v) is 8.01. The van der Waals surface area contributed by atoms with Crippen LogP contribution in [0.15, 0.2) is 0 Å². The van der Waals surface area contributed by atoms with Gasteiger partial charge in [-0.2, -0.15) is 0 Å². The molecule has 0 amide bonds. The molecule has 1 rings (SSSR count). The smallest absolute Gasteiger partial charge is 0.185 e. The molecule has 0 aliphatic carbocycles. The largest absolute Gasteiger partial charge is 0.388 e. The molecule has 0 aromatic rings. The third kappa shape index (κ3) is 2.00. The maximum atomic E-state index is 9.53. The maximum absolute atomic E-state index is 9.53. The Morgan fingerprint density at radius 3 is 2.00 bits per heavy atom. The predicted octanol–water partition coefficient (Wildman–Crippen LogP) is -0.886.